The molecule has 4 nitrogen and oxygen atoms in total. The number of carbonyl (C=O) groups is 1. The average Bonchev–Trinajstić information content (AvgIpc) is 2.86. The lowest BCUT2D eigenvalue weighted by Crippen LogP contribution is -2.12. The molecule has 0 bridgehead atoms. The van der Waals surface area contributed by atoms with Gasteiger partial charge >= 0.3 is 0 Å². The Morgan fingerprint density at radius 3 is 2.79 bits per heavy atom. The number of rotatable bonds is 2. The van der Waals surface area contributed by atoms with Gasteiger partial charge in [0.05, 0.1) is 11.7 Å². The largest absolute Gasteiger partial charge is 0.366 e. The molecular weight excluding hydrogens is 262 g/mol. The standard InChI is InChI=1S/C14H10ClN3O/c15-11-5-1-4-9(14(16)19)13(11)8-3-2-6-12-10(8)7-17-18-12/h1-7H,(H2,16,19)(H,17,18). The summed E-state index contributed by atoms with van der Waals surface area (Å²) in [4.78, 5) is 11.6. The van der Waals surface area contributed by atoms with Crippen molar-refractivity contribution in [2.24, 2.45) is 5.73 Å². The van der Waals surface area contributed by atoms with E-state index in [1.165, 1.54) is 0 Å². The molecule has 0 radical (unpaired) electrons. The quantitative estimate of drug-likeness (QED) is 0.752. The predicted molar refractivity (Wildman–Crippen MR) is 75.1 cm³/mol. The van der Waals surface area contributed by atoms with Crippen molar-refractivity contribution in [3.63, 3.8) is 0 Å². The van der Waals surface area contributed by atoms with Crippen LogP contribution in [0.15, 0.2) is 42.6 Å². The maximum atomic E-state index is 11.6. The number of fused-ring (bicyclic) bond motifs is 1. The highest BCUT2D eigenvalue weighted by Crippen LogP contribution is 2.35. The first-order valence-corrected chi connectivity index (χ1v) is 6.07. The Bertz CT molecular complexity index is 779. The third kappa shape index (κ3) is 1.86. The Hall–Kier alpha value is -2.33. The third-order valence-corrected chi connectivity index (χ3v) is 3.35. The van der Waals surface area contributed by atoms with Crippen molar-refractivity contribution in [1.29, 1.82) is 0 Å². The Balaban J connectivity index is 2.39. The summed E-state index contributed by atoms with van der Waals surface area (Å²) in [5.74, 6) is -0.502. The highest BCUT2D eigenvalue weighted by molar-refractivity contribution is 6.34. The maximum absolute atomic E-state index is 11.6. The molecular formula is C14H10ClN3O. The number of benzene rings is 2. The molecule has 0 aliphatic heterocycles. The lowest BCUT2D eigenvalue weighted by molar-refractivity contribution is 0.100. The van der Waals surface area contributed by atoms with Gasteiger partial charge in [0, 0.05) is 21.5 Å². The normalized spacial score (nSPS) is 10.8. The van der Waals surface area contributed by atoms with E-state index in [1.54, 1.807) is 24.4 Å². The van der Waals surface area contributed by atoms with Crippen molar-refractivity contribution < 1.29 is 4.79 Å². The fourth-order valence-corrected chi connectivity index (χ4v) is 2.47. The van der Waals surface area contributed by atoms with Gasteiger partial charge in [0.2, 0.25) is 5.91 Å². The number of aromatic amines is 1. The van der Waals surface area contributed by atoms with Crippen LogP contribution in [-0.2, 0) is 0 Å². The van der Waals surface area contributed by atoms with Crippen molar-refractivity contribution in [3.05, 3.63) is 53.2 Å². The van der Waals surface area contributed by atoms with Crippen LogP contribution in [-0.4, -0.2) is 16.1 Å². The van der Waals surface area contributed by atoms with Crippen LogP contribution < -0.4 is 5.73 Å². The van der Waals surface area contributed by atoms with Gasteiger partial charge in [-0.1, -0.05) is 29.8 Å². The van der Waals surface area contributed by atoms with Gasteiger partial charge in [0.15, 0.2) is 0 Å². The molecule has 3 aromatic rings. The molecule has 1 aromatic heterocycles. The van der Waals surface area contributed by atoms with Crippen LogP contribution >= 0.6 is 11.6 Å². The lowest BCUT2D eigenvalue weighted by atomic mass is 9.96. The zero-order valence-corrected chi connectivity index (χ0v) is 10.6. The van der Waals surface area contributed by atoms with E-state index in [-0.39, 0.29) is 0 Å². The van der Waals surface area contributed by atoms with E-state index < -0.39 is 5.91 Å². The van der Waals surface area contributed by atoms with Gasteiger partial charge in [0.25, 0.3) is 0 Å². The molecule has 0 saturated carbocycles. The zero-order chi connectivity index (χ0) is 13.4. The molecule has 1 amide bonds. The monoisotopic (exact) mass is 271 g/mol. The van der Waals surface area contributed by atoms with E-state index in [1.807, 2.05) is 18.2 Å². The van der Waals surface area contributed by atoms with Crippen molar-refractivity contribution in [2.45, 2.75) is 0 Å². The molecule has 0 fully saturated rings. The highest BCUT2D eigenvalue weighted by atomic mass is 35.5. The summed E-state index contributed by atoms with van der Waals surface area (Å²) in [5.41, 5.74) is 8.19. The molecule has 0 aliphatic carbocycles. The summed E-state index contributed by atoms with van der Waals surface area (Å²) in [6.07, 6.45) is 1.71. The second kappa shape index (κ2) is 4.40. The van der Waals surface area contributed by atoms with Crippen LogP contribution in [0.25, 0.3) is 22.0 Å². The van der Waals surface area contributed by atoms with E-state index in [0.29, 0.717) is 16.1 Å². The molecule has 0 spiro atoms. The number of nitrogens with zero attached hydrogens (tertiary/aromatic N) is 1. The summed E-state index contributed by atoms with van der Waals surface area (Å²) >= 11 is 6.24. The molecule has 0 atom stereocenters. The summed E-state index contributed by atoms with van der Waals surface area (Å²) in [6.45, 7) is 0. The topological polar surface area (TPSA) is 71.8 Å². The molecule has 5 heteroatoms. The van der Waals surface area contributed by atoms with Crippen LogP contribution in [0.3, 0.4) is 0 Å². The number of primary amides is 1. The van der Waals surface area contributed by atoms with Crippen LogP contribution in [0.2, 0.25) is 5.02 Å². The summed E-state index contributed by atoms with van der Waals surface area (Å²) < 4.78 is 0. The van der Waals surface area contributed by atoms with Crippen LogP contribution in [0.1, 0.15) is 10.4 Å². The van der Waals surface area contributed by atoms with Gasteiger partial charge in [-0.05, 0) is 23.8 Å². The Morgan fingerprint density at radius 2 is 2.00 bits per heavy atom. The molecule has 3 N–H and O–H groups in total. The number of nitrogens with two attached hydrogens (primary N) is 1. The van der Waals surface area contributed by atoms with Crippen molar-refractivity contribution in [3.8, 4) is 11.1 Å². The molecule has 0 unspecified atom stereocenters. The smallest absolute Gasteiger partial charge is 0.249 e. The fourth-order valence-electron chi connectivity index (χ4n) is 2.19. The first-order chi connectivity index (χ1) is 9.18. The Kier molecular flexibility index (Phi) is 2.72. The van der Waals surface area contributed by atoms with Crippen LogP contribution in [0, 0.1) is 0 Å². The molecule has 94 valence electrons. The number of carbonyl (C=O) groups excluding carboxylic acids is 1. The molecule has 1 heterocycles. The molecule has 19 heavy (non-hydrogen) atoms. The number of nitrogens with one attached hydrogen (secondary N) is 1. The number of aromatic nitrogens is 2. The van der Waals surface area contributed by atoms with Crippen molar-refractivity contribution in [1.82, 2.24) is 10.2 Å². The fraction of sp³-hybridized carbons (Fsp3) is 0. The first kappa shape index (κ1) is 11.7. The van der Waals surface area contributed by atoms with E-state index in [0.717, 1.165) is 16.5 Å². The minimum absolute atomic E-state index is 0.404. The van der Waals surface area contributed by atoms with E-state index in [4.69, 9.17) is 17.3 Å². The maximum Gasteiger partial charge on any atom is 0.249 e. The third-order valence-electron chi connectivity index (χ3n) is 3.03. The number of halogens is 1. The summed E-state index contributed by atoms with van der Waals surface area (Å²) in [5, 5.41) is 8.29. The van der Waals surface area contributed by atoms with E-state index >= 15 is 0 Å². The second-order valence-electron chi connectivity index (χ2n) is 4.16. The second-order valence-corrected chi connectivity index (χ2v) is 4.57. The molecule has 2 aromatic carbocycles. The van der Waals surface area contributed by atoms with Gasteiger partial charge in [-0.15, -0.1) is 0 Å². The number of amides is 1. The minimum atomic E-state index is -0.502. The summed E-state index contributed by atoms with van der Waals surface area (Å²) in [6, 6.07) is 10.8. The SMILES string of the molecule is NC(=O)c1cccc(Cl)c1-c1cccc2[nH]ncc12. The minimum Gasteiger partial charge on any atom is -0.366 e. The zero-order valence-electron chi connectivity index (χ0n) is 9.85. The molecule has 0 saturated heterocycles. The van der Waals surface area contributed by atoms with E-state index in [9.17, 15) is 4.79 Å². The Morgan fingerprint density at radius 1 is 1.21 bits per heavy atom. The Labute approximate surface area is 114 Å². The van der Waals surface area contributed by atoms with Crippen molar-refractivity contribution >= 4 is 28.4 Å². The highest BCUT2D eigenvalue weighted by Gasteiger charge is 2.16. The summed E-state index contributed by atoms with van der Waals surface area (Å²) in [7, 11) is 0. The predicted octanol–water partition coefficient (Wildman–Crippen LogP) is 2.98. The number of hydrogen-bond acceptors (Lipinski definition) is 2. The van der Waals surface area contributed by atoms with Crippen LogP contribution in [0.5, 0.6) is 0 Å². The molecule has 0 aliphatic rings. The number of hydrogen-bond donors (Lipinski definition) is 2. The van der Waals surface area contributed by atoms with Gasteiger partial charge in [-0.3, -0.25) is 9.89 Å². The van der Waals surface area contributed by atoms with Gasteiger partial charge < -0.3 is 5.73 Å². The van der Waals surface area contributed by atoms with Gasteiger partial charge in [-0.2, -0.15) is 5.10 Å². The van der Waals surface area contributed by atoms with Gasteiger partial charge in [-0.25, -0.2) is 0 Å². The number of H-pyrrole nitrogens is 1. The first-order valence-electron chi connectivity index (χ1n) is 5.69. The van der Waals surface area contributed by atoms with Crippen molar-refractivity contribution in [2.75, 3.05) is 0 Å². The van der Waals surface area contributed by atoms with E-state index in [2.05, 4.69) is 10.2 Å². The average molecular weight is 272 g/mol. The lowest BCUT2D eigenvalue weighted by Gasteiger charge is -2.10. The van der Waals surface area contributed by atoms with Crippen LogP contribution in [0.4, 0.5) is 0 Å². The molecule has 3 rings (SSSR count). The van der Waals surface area contributed by atoms with Gasteiger partial charge in [0.1, 0.15) is 0 Å².